The van der Waals surface area contributed by atoms with Crippen molar-refractivity contribution in [2.45, 2.75) is 6.42 Å². The topological polar surface area (TPSA) is 36.7 Å². The Kier molecular flexibility index (Phi) is 2.93. The number of hydrogen-bond donors (Lipinski definition) is 0. The highest BCUT2D eigenvalue weighted by Crippen LogP contribution is 2.12. The van der Waals surface area contributed by atoms with Crippen LogP contribution < -0.4 is 0 Å². The maximum atomic E-state index is 12.7. The Balaban J connectivity index is 2.27. The van der Waals surface area contributed by atoms with Gasteiger partial charge in [0.2, 0.25) is 0 Å². The van der Waals surface area contributed by atoms with E-state index >= 15 is 0 Å². The van der Waals surface area contributed by atoms with E-state index in [1.807, 2.05) is 12.1 Å². The van der Waals surface area contributed by atoms with Gasteiger partial charge in [-0.25, -0.2) is 9.37 Å². The zero-order chi connectivity index (χ0) is 11.4. The molecular weight excluding hydrogens is 203 g/mol. The molecule has 2 aromatic rings. The quantitative estimate of drug-likeness (QED) is 0.767. The maximum Gasteiger partial charge on any atom is 0.143 e. The second kappa shape index (κ2) is 4.54. The van der Waals surface area contributed by atoms with Gasteiger partial charge in [-0.15, -0.1) is 0 Å². The molecule has 78 valence electrons. The summed E-state index contributed by atoms with van der Waals surface area (Å²) in [6.45, 7) is 0. The van der Waals surface area contributed by atoms with Gasteiger partial charge in [-0.05, 0) is 29.3 Å². The molecule has 0 aliphatic heterocycles. The Morgan fingerprint density at radius 2 is 1.94 bits per heavy atom. The van der Waals surface area contributed by atoms with Crippen molar-refractivity contribution in [1.82, 2.24) is 4.98 Å². The molecule has 0 fully saturated rings. The van der Waals surface area contributed by atoms with Crippen molar-refractivity contribution in [2.24, 2.45) is 0 Å². The molecular formula is C13H9FN2. The molecule has 0 bridgehead atoms. The molecule has 0 spiro atoms. The lowest BCUT2D eigenvalue weighted by Gasteiger charge is -2.02. The molecule has 0 N–H and O–H groups in total. The number of halogens is 1. The highest BCUT2D eigenvalue weighted by Gasteiger charge is 2.03. The molecule has 1 aromatic carbocycles. The number of pyridine rings is 1. The van der Waals surface area contributed by atoms with Crippen LogP contribution in [0.25, 0.3) is 0 Å². The molecule has 1 aromatic heterocycles. The number of benzene rings is 1. The van der Waals surface area contributed by atoms with E-state index in [2.05, 4.69) is 4.98 Å². The Bertz CT molecular complexity index is 526. The average Bonchev–Trinajstić information content (AvgIpc) is 2.33. The van der Waals surface area contributed by atoms with Gasteiger partial charge in [-0.2, -0.15) is 5.26 Å². The third kappa shape index (κ3) is 2.23. The maximum absolute atomic E-state index is 12.7. The van der Waals surface area contributed by atoms with Crippen molar-refractivity contribution in [3.63, 3.8) is 0 Å². The Hall–Kier alpha value is -2.21. The van der Waals surface area contributed by atoms with E-state index in [1.165, 1.54) is 12.1 Å². The number of rotatable bonds is 2. The van der Waals surface area contributed by atoms with Crippen LogP contribution >= 0.6 is 0 Å². The van der Waals surface area contributed by atoms with Gasteiger partial charge in [0.05, 0.1) is 0 Å². The first-order chi connectivity index (χ1) is 7.79. The smallest absolute Gasteiger partial charge is 0.143 e. The first-order valence-corrected chi connectivity index (χ1v) is 4.88. The number of hydrogen-bond acceptors (Lipinski definition) is 2. The molecule has 0 saturated heterocycles. The van der Waals surface area contributed by atoms with Crippen LogP contribution in [0, 0.1) is 17.1 Å². The van der Waals surface area contributed by atoms with Crippen LogP contribution in [0.15, 0.2) is 42.6 Å². The fourth-order valence-electron chi connectivity index (χ4n) is 1.50. The lowest BCUT2D eigenvalue weighted by Crippen LogP contribution is -1.94. The van der Waals surface area contributed by atoms with Gasteiger partial charge < -0.3 is 0 Å². The summed E-state index contributed by atoms with van der Waals surface area (Å²) in [5, 5.41) is 8.87. The molecule has 0 aliphatic carbocycles. The Morgan fingerprint density at radius 1 is 1.19 bits per heavy atom. The van der Waals surface area contributed by atoms with Gasteiger partial charge in [0.25, 0.3) is 0 Å². The second-order valence-electron chi connectivity index (χ2n) is 3.43. The fourth-order valence-corrected chi connectivity index (χ4v) is 1.50. The lowest BCUT2D eigenvalue weighted by atomic mass is 10.0. The summed E-state index contributed by atoms with van der Waals surface area (Å²) < 4.78 is 12.7. The Labute approximate surface area is 93.0 Å². The molecule has 0 aliphatic rings. The van der Waals surface area contributed by atoms with E-state index in [0.29, 0.717) is 12.1 Å². The Morgan fingerprint density at radius 3 is 2.62 bits per heavy atom. The minimum Gasteiger partial charge on any atom is -0.245 e. The molecule has 3 heteroatoms. The summed E-state index contributed by atoms with van der Waals surface area (Å²) >= 11 is 0. The minimum atomic E-state index is -0.254. The lowest BCUT2D eigenvalue weighted by molar-refractivity contribution is 0.627. The van der Waals surface area contributed by atoms with Crippen LogP contribution in [0.4, 0.5) is 4.39 Å². The van der Waals surface area contributed by atoms with E-state index in [0.717, 1.165) is 11.1 Å². The van der Waals surface area contributed by atoms with Gasteiger partial charge in [-0.3, -0.25) is 0 Å². The molecule has 2 nitrogen and oxygen atoms in total. The normalized spacial score (nSPS) is 9.75. The van der Waals surface area contributed by atoms with Crippen LogP contribution in [0.3, 0.4) is 0 Å². The molecule has 0 unspecified atom stereocenters. The van der Waals surface area contributed by atoms with E-state index in [-0.39, 0.29) is 5.82 Å². The van der Waals surface area contributed by atoms with E-state index in [9.17, 15) is 4.39 Å². The van der Waals surface area contributed by atoms with Crippen molar-refractivity contribution in [3.05, 3.63) is 65.2 Å². The van der Waals surface area contributed by atoms with Gasteiger partial charge in [0, 0.05) is 12.6 Å². The minimum absolute atomic E-state index is 0.254. The summed E-state index contributed by atoms with van der Waals surface area (Å²) in [5.41, 5.74) is 2.24. The van der Waals surface area contributed by atoms with Gasteiger partial charge in [0.1, 0.15) is 17.6 Å². The van der Waals surface area contributed by atoms with Crippen molar-refractivity contribution >= 4 is 0 Å². The number of nitriles is 1. The van der Waals surface area contributed by atoms with Crippen LogP contribution in [-0.2, 0) is 6.42 Å². The standard InChI is InChI=1S/C13H9FN2/c14-12-5-3-10(4-6-12)8-11-2-1-7-16-13(11)9-15/h1-7H,8H2. The van der Waals surface area contributed by atoms with Crippen LogP contribution in [-0.4, -0.2) is 4.98 Å². The van der Waals surface area contributed by atoms with Crippen molar-refractivity contribution < 1.29 is 4.39 Å². The first kappa shape index (κ1) is 10.3. The summed E-state index contributed by atoms with van der Waals surface area (Å²) in [6, 6.07) is 11.9. The van der Waals surface area contributed by atoms with Crippen molar-refractivity contribution in [1.29, 1.82) is 5.26 Å². The van der Waals surface area contributed by atoms with E-state index in [1.54, 1.807) is 24.4 Å². The van der Waals surface area contributed by atoms with Gasteiger partial charge in [-0.1, -0.05) is 18.2 Å². The zero-order valence-corrected chi connectivity index (χ0v) is 8.52. The SMILES string of the molecule is N#Cc1ncccc1Cc1ccc(F)cc1. The van der Waals surface area contributed by atoms with Crippen molar-refractivity contribution in [3.8, 4) is 6.07 Å². The predicted molar refractivity (Wildman–Crippen MR) is 58.2 cm³/mol. The summed E-state index contributed by atoms with van der Waals surface area (Å²) in [6.07, 6.45) is 2.18. The van der Waals surface area contributed by atoms with Crippen LogP contribution in [0.5, 0.6) is 0 Å². The van der Waals surface area contributed by atoms with Gasteiger partial charge in [0.15, 0.2) is 0 Å². The molecule has 0 amide bonds. The first-order valence-electron chi connectivity index (χ1n) is 4.88. The summed E-state index contributed by atoms with van der Waals surface area (Å²) in [7, 11) is 0. The monoisotopic (exact) mass is 212 g/mol. The summed E-state index contributed by atoms with van der Waals surface area (Å²) in [4.78, 5) is 3.98. The molecule has 16 heavy (non-hydrogen) atoms. The zero-order valence-electron chi connectivity index (χ0n) is 8.52. The third-order valence-electron chi connectivity index (χ3n) is 2.31. The largest absolute Gasteiger partial charge is 0.245 e. The average molecular weight is 212 g/mol. The predicted octanol–water partition coefficient (Wildman–Crippen LogP) is 2.68. The summed E-state index contributed by atoms with van der Waals surface area (Å²) in [5.74, 6) is -0.254. The molecule has 0 radical (unpaired) electrons. The third-order valence-corrected chi connectivity index (χ3v) is 2.31. The second-order valence-corrected chi connectivity index (χ2v) is 3.43. The van der Waals surface area contributed by atoms with Crippen LogP contribution in [0.2, 0.25) is 0 Å². The van der Waals surface area contributed by atoms with Crippen LogP contribution in [0.1, 0.15) is 16.8 Å². The van der Waals surface area contributed by atoms with E-state index < -0.39 is 0 Å². The highest BCUT2D eigenvalue weighted by molar-refractivity contribution is 5.35. The number of aromatic nitrogens is 1. The number of nitrogens with zero attached hydrogens (tertiary/aromatic N) is 2. The van der Waals surface area contributed by atoms with E-state index in [4.69, 9.17) is 5.26 Å². The van der Waals surface area contributed by atoms with Crippen molar-refractivity contribution in [2.75, 3.05) is 0 Å². The highest BCUT2D eigenvalue weighted by atomic mass is 19.1. The molecule has 2 rings (SSSR count). The molecule has 0 saturated carbocycles. The molecule has 0 atom stereocenters. The molecule has 1 heterocycles. The van der Waals surface area contributed by atoms with Gasteiger partial charge >= 0.3 is 0 Å². The fraction of sp³-hybridized carbons (Fsp3) is 0.0769.